The van der Waals surface area contributed by atoms with Crippen molar-refractivity contribution in [2.45, 2.75) is 26.4 Å². The Kier molecular flexibility index (Phi) is 4.12. The lowest BCUT2D eigenvalue weighted by Crippen LogP contribution is -2.25. The van der Waals surface area contributed by atoms with Crippen molar-refractivity contribution in [3.8, 4) is 5.75 Å². The third-order valence-corrected chi connectivity index (χ3v) is 2.02. The van der Waals surface area contributed by atoms with Gasteiger partial charge in [-0.15, -0.1) is 0 Å². The molecule has 0 atom stereocenters. The average molecular weight is 257 g/mol. The maximum atomic E-state index is 11.3. The molecule has 0 fully saturated rings. The van der Waals surface area contributed by atoms with Gasteiger partial charge in [0.25, 0.3) is 0 Å². The van der Waals surface area contributed by atoms with Crippen molar-refractivity contribution in [2.24, 2.45) is 0 Å². The third kappa shape index (κ3) is 4.44. The summed E-state index contributed by atoms with van der Waals surface area (Å²) in [4.78, 5) is 21.9. The number of hydrogen-bond acceptors (Lipinski definition) is 4. The molecule has 0 aliphatic rings. The molecule has 0 amide bonds. The molecule has 0 N–H and O–H groups in total. The van der Waals surface area contributed by atoms with Crippen LogP contribution in [0.25, 0.3) is 0 Å². The zero-order valence-corrected chi connectivity index (χ0v) is 10.6. The molecule has 0 saturated carbocycles. The van der Waals surface area contributed by atoms with Crippen molar-refractivity contribution in [3.63, 3.8) is 0 Å². The van der Waals surface area contributed by atoms with Crippen LogP contribution in [0.15, 0.2) is 18.2 Å². The van der Waals surface area contributed by atoms with E-state index >= 15 is 0 Å². The lowest BCUT2D eigenvalue weighted by Gasteiger charge is -2.18. The molecule has 1 aromatic carbocycles. The minimum atomic E-state index is -0.813. The lowest BCUT2D eigenvalue weighted by molar-refractivity contribution is 0.0206. The standard InChI is InChI=1S/C12H13ClO4/c1-12(2,3)17-11(15)16-9-5-4-8(7-14)10(13)6-9/h4-7H,1-3H3. The van der Waals surface area contributed by atoms with Crippen molar-refractivity contribution >= 4 is 24.0 Å². The zero-order valence-electron chi connectivity index (χ0n) is 9.82. The van der Waals surface area contributed by atoms with Gasteiger partial charge < -0.3 is 9.47 Å². The van der Waals surface area contributed by atoms with Crippen LogP contribution in [0.2, 0.25) is 5.02 Å². The predicted molar refractivity (Wildman–Crippen MR) is 63.7 cm³/mol. The van der Waals surface area contributed by atoms with Gasteiger partial charge in [-0.25, -0.2) is 4.79 Å². The second-order valence-electron chi connectivity index (χ2n) is 4.37. The van der Waals surface area contributed by atoms with Gasteiger partial charge in [-0.1, -0.05) is 11.6 Å². The zero-order chi connectivity index (χ0) is 13.1. The Hall–Kier alpha value is -1.55. The van der Waals surface area contributed by atoms with E-state index in [4.69, 9.17) is 21.1 Å². The number of halogens is 1. The monoisotopic (exact) mass is 256 g/mol. The highest BCUT2D eigenvalue weighted by molar-refractivity contribution is 6.33. The van der Waals surface area contributed by atoms with Crippen molar-refractivity contribution in [1.29, 1.82) is 0 Å². The van der Waals surface area contributed by atoms with Crippen LogP contribution in [0, 0.1) is 0 Å². The van der Waals surface area contributed by atoms with Crippen LogP contribution >= 0.6 is 11.6 Å². The van der Waals surface area contributed by atoms with Crippen molar-refractivity contribution in [3.05, 3.63) is 28.8 Å². The van der Waals surface area contributed by atoms with Gasteiger partial charge in [0.15, 0.2) is 6.29 Å². The Morgan fingerprint density at radius 1 is 1.35 bits per heavy atom. The van der Waals surface area contributed by atoms with E-state index in [2.05, 4.69) is 0 Å². The summed E-state index contributed by atoms with van der Waals surface area (Å²) in [6.07, 6.45) is -0.188. The molecule has 0 bridgehead atoms. The van der Waals surface area contributed by atoms with Crippen molar-refractivity contribution < 1.29 is 19.1 Å². The van der Waals surface area contributed by atoms with Gasteiger partial charge in [-0.2, -0.15) is 0 Å². The molecule has 1 aromatic rings. The van der Waals surface area contributed by atoms with Crippen LogP contribution in [0.5, 0.6) is 5.75 Å². The molecule has 0 radical (unpaired) electrons. The number of carbonyl (C=O) groups is 2. The van der Waals surface area contributed by atoms with Gasteiger partial charge >= 0.3 is 6.16 Å². The molecule has 0 aliphatic carbocycles. The Morgan fingerprint density at radius 3 is 2.47 bits per heavy atom. The maximum Gasteiger partial charge on any atom is 0.514 e. The summed E-state index contributed by atoms with van der Waals surface area (Å²) >= 11 is 5.78. The van der Waals surface area contributed by atoms with E-state index in [-0.39, 0.29) is 10.8 Å². The topological polar surface area (TPSA) is 52.6 Å². The maximum absolute atomic E-state index is 11.3. The van der Waals surface area contributed by atoms with Gasteiger partial charge in [0.05, 0.1) is 5.02 Å². The Morgan fingerprint density at radius 2 is 2.00 bits per heavy atom. The molecule has 0 aromatic heterocycles. The van der Waals surface area contributed by atoms with E-state index < -0.39 is 11.8 Å². The highest BCUT2D eigenvalue weighted by Crippen LogP contribution is 2.22. The molecule has 17 heavy (non-hydrogen) atoms. The van der Waals surface area contributed by atoms with Crippen LogP contribution in [0.4, 0.5) is 4.79 Å². The number of benzene rings is 1. The minimum Gasteiger partial charge on any atom is -0.428 e. The molecular formula is C12H13ClO4. The van der Waals surface area contributed by atoms with Crippen molar-refractivity contribution in [2.75, 3.05) is 0 Å². The van der Waals surface area contributed by atoms with E-state index in [0.717, 1.165) is 0 Å². The minimum absolute atomic E-state index is 0.223. The molecule has 92 valence electrons. The van der Waals surface area contributed by atoms with Gasteiger partial charge in [0.1, 0.15) is 11.4 Å². The largest absolute Gasteiger partial charge is 0.514 e. The molecule has 0 heterocycles. The average Bonchev–Trinajstić information content (AvgIpc) is 2.14. The Bertz CT molecular complexity index is 435. The molecule has 4 nitrogen and oxygen atoms in total. The molecule has 1 rings (SSSR count). The number of aldehydes is 1. The molecular weight excluding hydrogens is 244 g/mol. The molecule has 5 heteroatoms. The summed E-state index contributed by atoms with van der Waals surface area (Å²) in [5.74, 6) is 0.231. The highest BCUT2D eigenvalue weighted by atomic mass is 35.5. The first-order valence-corrected chi connectivity index (χ1v) is 5.35. The third-order valence-electron chi connectivity index (χ3n) is 1.69. The van der Waals surface area contributed by atoms with E-state index in [1.807, 2.05) is 0 Å². The first kappa shape index (κ1) is 13.5. The van der Waals surface area contributed by atoms with Gasteiger partial charge in [-0.3, -0.25) is 4.79 Å². The van der Waals surface area contributed by atoms with Crippen LogP contribution in [0.3, 0.4) is 0 Å². The van der Waals surface area contributed by atoms with E-state index in [1.165, 1.54) is 18.2 Å². The first-order valence-electron chi connectivity index (χ1n) is 4.97. The normalized spacial score (nSPS) is 10.8. The molecule has 0 aliphatic heterocycles. The second kappa shape index (κ2) is 5.19. The quantitative estimate of drug-likeness (QED) is 0.462. The summed E-state index contributed by atoms with van der Waals surface area (Å²) in [7, 11) is 0. The highest BCUT2D eigenvalue weighted by Gasteiger charge is 2.18. The summed E-state index contributed by atoms with van der Waals surface area (Å²) in [5, 5.41) is 0.223. The fourth-order valence-corrected chi connectivity index (χ4v) is 1.25. The van der Waals surface area contributed by atoms with E-state index in [1.54, 1.807) is 20.8 Å². The fourth-order valence-electron chi connectivity index (χ4n) is 1.03. The summed E-state index contributed by atoms with van der Waals surface area (Å²) in [6.45, 7) is 5.20. The number of hydrogen-bond donors (Lipinski definition) is 0. The lowest BCUT2D eigenvalue weighted by atomic mass is 10.2. The van der Waals surface area contributed by atoms with Gasteiger partial charge in [0, 0.05) is 11.6 Å². The fraction of sp³-hybridized carbons (Fsp3) is 0.333. The predicted octanol–water partition coefficient (Wildman–Crippen LogP) is 3.47. The summed E-state index contributed by atoms with van der Waals surface area (Å²) < 4.78 is 9.87. The van der Waals surface area contributed by atoms with E-state index in [0.29, 0.717) is 11.8 Å². The van der Waals surface area contributed by atoms with Crippen LogP contribution in [0.1, 0.15) is 31.1 Å². The Labute approximate surface area is 104 Å². The molecule has 0 unspecified atom stereocenters. The Balaban J connectivity index is 2.73. The number of rotatable bonds is 2. The molecule has 0 saturated heterocycles. The number of ether oxygens (including phenoxy) is 2. The van der Waals surface area contributed by atoms with Gasteiger partial charge in [0.2, 0.25) is 0 Å². The smallest absolute Gasteiger partial charge is 0.428 e. The van der Waals surface area contributed by atoms with Crippen LogP contribution in [-0.2, 0) is 4.74 Å². The van der Waals surface area contributed by atoms with Crippen LogP contribution < -0.4 is 4.74 Å². The van der Waals surface area contributed by atoms with E-state index in [9.17, 15) is 9.59 Å². The molecule has 0 spiro atoms. The summed E-state index contributed by atoms with van der Waals surface area (Å²) in [5.41, 5.74) is -0.285. The summed E-state index contributed by atoms with van der Waals surface area (Å²) in [6, 6.07) is 4.32. The first-order chi connectivity index (χ1) is 7.81. The SMILES string of the molecule is CC(C)(C)OC(=O)Oc1ccc(C=O)c(Cl)c1. The second-order valence-corrected chi connectivity index (χ2v) is 4.77. The van der Waals surface area contributed by atoms with Gasteiger partial charge in [-0.05, 0) is 32.9 Å². The van der Waals surface area contributed by atoms with Crippen molar-refractivity contribution in [1.82, 2.24) is 0 Å². The van der Waals surface area contributed by atoms with Crippen LogP contribution in [-0.4, -0.2) is 18.0 Å². The number of carbonyl (C=O) groups excluding carboxylic acids is 2.